The molecule has 11 nitrogen and oxygen atoms in total. The van der Waals surface area contributed by atoms with Gasteiger partial charge in [-0.05, 0) is 37.3 Å². The summed E-state index contributed by atoms with van der Waals surface area (Å²) in [5, 5.41) is 12.3. The number of likely N-dealkylation sites (tertiary alicyclic amines) is 1. The van der Waals surface area contributed by atoms with E-state index < -0.39 is 47.7 Å². The number of halogens is 1. The van der Waals surface area contributed by atoms with E-state index in [4.69, 9.17) is 14.2 Å². The standard InChI is InChI=1S/C36H48BrN3O8/c1-3-4-18-39-19-12-8-11-17-27(42)38-26(23-46-2)30(24-15-9-7-10-16-24)47-35(45)28-29-33(43)40(20-13-5-6-14-21-41)32(34(39)44)36(29)22-25(37)31(28)48-36/h7-10,12,15-16,22,26,28-32,41H,3-6,11,13-14,17-21,23H2,1-2H3,(H,38,42)/b12-8-/t26-,28+,29-,30-,31+,32+,36-/m0/s1. The molecule has 7 atom stereocenters. The van der Waals surface area contributed by atoms with Gasteiger partial charge in [0.15, 0.2) is 0 Å². The Morgan fingerprint density at radius 3 is 2.50 bits per heavy atom. The van der Waals surface area contributed by atoms with Crippen molar-refractivity contribution in [1.29, 1.82) is 0 Å². The summed E-state index contributed by atoms with van der Waals surface area (Å²) in [5.41, 5.74) is -0.682. The number of esters is 1. The van der Waals surface area contributed by atoms with Gasteiger partial charge in [-0.1, -0.05) is 84.6 Å². The Hall–Kier alpha value is -3.06. The number of unbranched alkanes of at least 4 members (excludes halogenated alkanes) is 4. The average molecular weight is 731 g/mol. The van der Waals surface area contributed by atoms with Crippen LogP contribution in [0.1, 0.15) is 70.0 Å². The number of hydrogen-bond acceptors (Lipinski definition) is 8. The lowest BCUT2D eigenvalue weighted by Gasteiger charge is -2.36. The van der Waals surface area contributed by atoms with E-state index in [0.29, 0.717) is 48.9 Å². The monoisotopic (exact) mass is 729 g/mol. The topological polar surface area (TPSA) is 135 Å². The first-order valence-corrected chi connectivity index (χ1v) is 18.0. The Balaban J connectivity index is 1.57. The van der Waals surface area contributed by atoms with Crippen molar-refractivity contribution >= 4 is 39.6 Å². The molecule has 4 heterocycles. The number of amides is 3. The third-order valence-electron chi connectivity index (χ3n) is 9.79. The number of methoxy groups -OCH3 is 1. The van der Waals surface area contributed by atoms with Gasteiger partial charge in [-0.3, -0.25) is 19.2 Å². The second-order valence-corrected chi connectivity index (χ2v) is 14.0. The van der Waals surface area contributed by atoms with Crippen molar-refractivity contribution in [2.45, 2.75) is 88.2 Å². The molecule has 1 spiro atoms. The van der Waals surface area contributed by atoms with Gasteiger partial charge in [0.25, 0.3) is 0 Å². The Morgan fingerprint density at radius 1 is 1.00 bits per heavy atom. The highest BCUT2D eigenvalue weighted by atomic mass is 79.9. The molecule has 262 valence electrons. The van der Waals surface area contributed by atoms with E-state index in [1.807, 2.05) is 48.6 Å². The molecular formula is C36H48BrN3O8. The van der Waals surface area contributed by atoms with Crippen molar-refractivity contribution in [3.8, 4) is 0 Å². The number of nitrogens with zero attached hydrogens (tertiary/aromatic N) is 2. The number of fused-ring (bicyclic) bond motifs is 2. The molecule has 2 fully saturated rings. The zero-order valence-electron chi connectivity index (χ0n) is 27.9. The molecule has 1 aromatic rings. The molecule has 1 aromatic carbocycles. The molecule has 0 aliphatic carbocycles. The molecule has 3 amide bonds. The zero-order valence-corrected chi connectivity index (χ0v) is 29.4. The van der Waals surface area contributed by atoms with Crippen LogP contribution in [-0.4, -0.2) is 102 Å². The largest absolute Gasteiger partial charge is 0.455 e. The normalized spacial score (nSPS) is 31.5. The predicted octanol–water partition coefficient (Wildman–Crippen LogP) is 3.81. The van der Waals surface area contributed by atoms with Gasteiger partial charge in [0.05, 0.1) is 18.6 Å². The molecule has 5 bridgehead atoms. The molecule has 12 heteroatoms. The highest BCUT2D eigenvalue weighted by Crippen LogP contribution is 2.59. The smallest absolute Gasteiger partial charge is 0.313 e. The van der Waals surface area contributed by atoms with Crippen LogP contribution >= 0.6 is 15.9 Å². The fraction of sp³-hybridized carbons (Fsp3) is 0.611. The van der Waals surface area contributed by atoms with Crippen molar-refractivity contribution in [3.63, 3.8) is 0 Å². The van der Waals surface area contributed by atoms with E-state index in [-0.39, 0.29) is 37.4 Å². The molecule has 0 saturated carbocycles. The number of carbonyl (C=O) groups excluding carboxylic acids is 4. The van der Waals surface area contributed by atoms with Gasteiger partial charge in [0.1, 0.15) is 29.8 Å². The molecule has 0 unspecified atom stereocenters. The number of benzene rings is 1. The molecule has 4 aliphatic rings. The second-order valence-electron chi connectivity index (χ2n) is 13.0. The minimum atomic E-state index is -1.35. The fourth-order valence-electron chi connectivity index (χ4n) is 7.49. The van der Waals surface area contributed by atoms with Crippen LogP contribution in [0.15, 0.2) is 53.0 Å². The third-order valence-corrected chi connectivity index (χ3v) is 10.5. The highest BCUT2D eigenvalue weighted by molar-refractivity contribution is 9.11. The molecule has 2 saturated heterocycles. The van der Waals surface area contributed by atoms with Gasteiger partial charge in [0, 0.05) is 44.3 Å². The van der Waals surface area contributed by atoms with Crippen LogP contribution in [0.4, 0.5) is 0 Å². The number of hydrogen-bond donors (Lipinski definition) is 2. The van der Waals surface area contributed by atoms with Gasteiger partial charge in [-0.15, -0.1) is 0 Å². The van der Waals surface area contributed by atoms with E-state index in [0.717, 1.165) is 25.7 Å². The number of aliphatic hydroxyl groups is 1. The maximum Gasteiger partial charge on any atom is 0.313 e. The van der Waals surface area contributed by atoms with E-state index in [1.54, 1.807) is 9.80 Å². The van der Waals surface area contributed by atoms with Gasteiger partial charge in [-0.25, -0.2) is 0 Å². The summed E-state index contributed by atoms with van der Waals surface area (Å²) in [6.45, 7) is 3.38. The molecule has 48 heavy (non-hydrogen) atoms. The molecule has 2 N–H and O–H groups in total. The summed E-state index contributed by atoms with van der Waals surface area (Å²) in [6, 6.07) is 7.50. The van der Waals surface area contributed by atoms with Crippen LogP contribution in [0.5, 0.6) is 0 Å². The fourth-order valence-corrected chi connectivity index (χ4v) is 8.23. The summed E-state index contributed by atoms with van der Waals surface area (Å²) in [5.74, 6) is -3.38. The molecule has 0 aromatic heterocycles. The number of nitrogens with one attached hydrogen (secondary N) is 1. The number of carbonyl (C=O) groups is 4. The lowest BCUT2D eigenvalue weighted by Crippen LogP contribution is -2.56. The first-order chi connectivity index (χ1) is 23.3. The molecular weight excluding hydrogens is 682 g/mol. The number of rotatable bonds is 12. The van der Waals surface area contributed by atoms with E-state index in [1.165, 1.54) is 7.11 Å². The van der Waals surface area contributed by atoms with Crippen LogP contribution < -0.4 is 5.32 Å². The predicted molar refractivity (Wildman–Crippen MR) is 182 cm³/mol. The van der Waals surface area contributed by atoms with Crippen LogP contribution in [0.3, 0.4) is 0 Å². The summed E-state index contributed by atoms with van der Waals surface area (Å²) < 4.78 is 19.0. The number of ether oxygens (including phenoxy) is 3. The summed E-state index contributed by atoms with van der Waals surface area (Å²) in [6.07, 6.45) is 9.12. The van der Waals surface area contributed by atoms with Gasteiger partial charge in [-0.2, -0.15) is 0 Å². The molecule has 0 radical (unpaired) electrons. The van der Waals surface area contributed by atoms with Crippen LogP contribution in [-0.2, 0) is 33.4 Å². The minimum absolute atomic E-state index is 0.0853. The summed E-state index contributed by atoms with van der Waals surface area (Å²) in [4.78, 5) is 60.1. The maximum atomic E-state index is 14.7. The van der Waals surface area contributed by atoms with Crippen molar-refractivity contribution < 1.29 is 38.5 Å². The van der Waals surface area contributed by atoms with E-state index in [9.17, 15) is 24.3 Å². The van der Waals surface area contributed by atoms with Gasteiger partial charge in [0.2, 0.25) is 17.7 Å². The summed E-state index contributed by atoms with van der Waals surface area (Å²) >= 11 is 3.62. The first-order valence-electron chi connectivity index (χ1n) is 17.2. The lowest BCUT2D eigenvalue weighted by atomic mass is 9.74. The van der Waals surface area contributed by atoms with Crippen molar-refractivity contribution in [2.24, 2.45) is 11.8 Å². The van der Waals surface area contributed by atoms with Gasteiger partial charge >= 0.3 is 5.97 Å². The number of cyclic esters (lactones) is 1. The maximum absolute atomic E-state index is 14.7. The van der Waals surface area contributed by atoms with E-state index in [2.05, 4.69) is 28.2 Å². The van der Waals surface area contributed by atoms with Crippen molar-refractivity contribution in [1.82, 2.24) is 15.1 Å². The Labute approximate surface area is 291 Å². The Morgan fingerprint density at radius 2 is 1.77 bits per heavy atom. The lowest BCUT2D eigenvalue weighted by molar-refractivity contribution is -0.162. The first kappa shape index (κ1) is 36.2. The van der Waals surface area contributed by atoms with Gasteiger partial charge < -0.3 is 34.4 Å². The van der Waals surface area contributed by atoms with Crippen LogP contribution in [0.25, 0.3) is 0 Å². The quantitative estimate of drug-likeness (QED) is 0.189. The number of allylic oxidation sites excluding steroid dienone is 1. The third kappa shape index (κ3) is 7.41. The summed E-state index contributed by atoms with van der Waals surface area (Å²) in [7, 11) is 1.52. The van der Waals surface area contributed by atoms with Crippen LogP contribution in [0.2, 0.25) is 0 Å². The highest BCUT2D eigenvalue weighted by Gasteiger charge is 2.74. The Bertz CT molecular complexity index is 1370. The average Bonchev–Trinajstić information content (AvgIpc) is 3.67. The minimum Gasteiger partial charge on any atom is -0.455 e. The van der Waals surface area contributed by atoms with Crippen LogP contribution in [0, 0.1) is 11.8 Å². The Kier molecular flexibility index (Phi) is 12.5. The van der Waals surface area contributed by atoms with E-state index >= 15 is 0 Å². The SMILES string of the molecule is CCCCN1C/C=C\CCC(=O)N[C@@H](COC)[C@H](c2ccccc2)OC(=O)[C@H]2[C@@H]3O[C@@]4(C=C3Br)[C@@H]2C(=O)N(CCCCCCO)[C@@H]4C1=O. The molecule has 4 aliphatic heterocycles. The molecule has 5 rings (SSSR count). The second kappa shape index (κ2) is 16.6. The van der Waals surface area contributed by atoms with Crippen molar-refractivity contribution in [3.05, 3.63) is 58.6 Å². The number of aliphatic hydroxyl groups excluding tert-OH is 1. The zero-order chi connectivity index (χ0) is 34.3. The van der Waals surface area contributed by atoms with Crippen molar-refractivity contribution in [2.75, 3.05) is 40.0 Å².